The summed E-state index contributed by atoms with van der Waals surface area (Å²) in [6.45, 7) is 5.02. The van der Waals surface area contributed by atoms with Crippen LogP contribution in [0.4, 0.5) is 0 Å². The van der Waals surface area contributed by atoms with Crippen molar-refractivity contribution in [3.05, 3.63) is 16.5 Å². The molecule has 1 rings (SSSR count). The summed E-state index contributed by atoms with van der Waals surface area (Å²) in [5, 5.41) is 3.26. The summed E-state index contributed by atoms with van der Waals surface area (Å²) in [6, 6.07) is 0.203. The molecule has 0 spiro atoms. The van der Waals surface area contributed by atoms with E-state index in [0.29, 0.717) is 10.5 Å². The summed E-state index contributed by atoms with van der Waals surface area (Å²) in [4.78, 5) is 8.46. The Morgan fingerprint density at radius 3 is 2.86 bits per heavy atom. The van der Waals surface area contributed by atoms with Gasteiger partial charge in [-0.3, -0.25) is 0 Å². The summed E-state index contributed by atoms with van der Waals surface area (Å²) in [7, 11) is 1.57. The molecule has 0 radical (unpaired) electrons. The van der Waals surface area contributed by atoms with Crippen LogP contribution in [0.3, 0.4) is 0 Å². The lowest BCUT2D eigenvalue weighted by molar-refractivity contribution is 0.390. The van der Waals surface area contributed by atoms with Crippen LogP contribution in [0.1, 0.15) is 25.6 Å². The zero-order valence-corrected chi connectivity index (χ0v) is 10.1. The topological polar surface area (TPSA) is 47.0 Å². The van der Waals surface area contributed by atoms with Gasteiger partial charge in [-0.2, -0.15) is 0 Å². The van der Waals surface area contributed by atoms with Gasteiger partial charge in [0.05, 0.1) is 19.0 Å². The molecule has 0 aliphatic heterocycles. The summed E-state index contributed by atoms with van der Waals surface area (Å²) in [6.07, 6.45) is 1.72. The molecule has 1 N–H and O–H groups in total. The first-order chi connectivity index (χ1) is 6.69. The van der Waals surface area contributed by atoms with Crippen LogP contribution in [-0.2, 0) is 0 Å². The first-order valence-corrected chi connectivity index (χ1v) is 5.28. The van der Waals surface area contributed by atoms with E-state index in [0.717, 1.165) is 12.2 Å². The van der Waals surface area contributed by atoms with Crippen molar-refractivity contribution in [1.82, 2.24) is 15.3 Å². The molecule has 0 saturated carbocycles. The van der Waals surface area contributed by atoms with Crippen LogP contribution in [0.2, 0.25) is 0 Å². The number of hydrogen-bond donors (Lipinski definition) is 1. The quantitative estimate of drug-likeness (QED) is 0.898. The summed E-state index contributed by atoms with van der Waals surface area (Å²) in [5.74, 6) is 0.512. The molecule has 1 heterocycles. The lowest BCUT2D eigenvalue weighted by atomic mass is 10.2. The molecule has 0 aliphatic rings. The predicted molar refractivity (Wildman–Crippen MR) is 58.4 cm³/mol. The van der Waals surface area contributed by atoms with Crippen LogP contribution >= 0.6 is 15.9 Å². The zero-order chi connectivity index (χ0) is 10.6. The van der Waals surface area contributed by atoms with Gasteiger partial charge in [-0.1, -0.05) is 6.92 Å². The Kier molecular flexibility index (Phi) is 4.28. The maximum atomic E-state index is 5.00. The second-order valence-corrected chi connectivity index (χ2v) is 3.63. The molecular formula is C9H14BrN3O. The van der Waals surface area contributed by atoms with Crippen molar-refractivity contribution in [2.45, 2.75) is 19.9 Å². The van der Waals surface area contributed by atoms with E-state index in [1.165, 1.54) is 0 Å². The number of halogens is 1. The maximum Gasteiger partial charge on any atom is 0.247 e. The largest absolute Gasteiger partial charge is 0.479 e. The van der Waals surface area contributed by atoms with Crippen molar-refractivity contribution in [3.8, 4) is 5.88 Å². The van der Waals surface area contributed by atoms with Gasteiger partial charge < -0.3 is 10.1 Å². The van der Waals surface area contributed by atoms with E-state index in [4.69, 9.17) is 4.74 Å². The van der Waals surface area contributed by atoms with E-state index in [9.17, 15) is 0 Å². The van der Waals surface area contributed by atoms with Crippen LogP contribution in [0, 0.1) is 0 Å². The molecule has 0 aromatic carbocycles. The lowest BCUT2D eigenvalue weighted by Gasteiger charge is -2.12. The standard InChI is InChI=1S/C9H14BrN3O/c1-4-11-6(2)7-5-12-9(14-3)8(10)13-7/h5-6,11H,4H2,1-3H3. The molecule has 1 aromatic rings. The third-order valence-electron chi connectivity index (χ3n) is 1.87. The first kappa shape index (κ1) is 11.4. The average molecular weight is 260 g/mol. The molecule has 14 heavy (non-hydrogen) atoms. The van der Waals surface area contributed by atoms with Crippen LogP contribution in [-0.4, -0.2) is 23.6 Å². The van der Waals surface area contributed by atoms with E-state index in [-0.39, 0.29) is 6.04 Å². The van der Waals surface area contributed by atoms with Crippen molar-refractivity contribution < 1.29 is 4.74 Å². The van der Waals surface area contributed by atoms with Crippen molar-refractivity contribution in [1.29, 1.82) is 0 Å². The van der Waals surface area contributed by atoms with Gasteiger partial charge in [-0.05, 0) is 29.4 Å². The number of methoxy groups -OCH3 is 1. The van der Waals surface area contributed by atoms with Gasteiger partial charge in [0.25, 0.3) is 0 Å². The molecule has 78 valence electrons. The molecule has 1 atom stereocenters. The fraction of sp³-hybridized carbons (Fsp3) is 0.556. The number of hydrogen-bond acceptors (Lipinski definition) is 4. The Morgan fingerprint density at radius 1 is 1.64 bits per heavy atom. The van der Waals surface area contributed by atoms with Gasteiger partial charge in [0, 0.05) is 6.04 Å². The van der Waals surface area contributed by atoms with Crippen molar-refractivity contribution in [2.75, 3.05) is 13.7 Å². The number of nitrogens with one attached hydrogen (secondary N) is 1. The smallest absolute Gasteiger partial charge is 0.247 e. The van der Waals surface area contributed by atoms with Gasteiger partial charge >= 0.3 is 0 Å². The monoisotopic (exact) mass is 259 g/mol. The molecule has 0 amide bonds. The normalized spacial score (nSPS) is 12.6. The van der Waals surface area contributed by atoms with Crippen molar-refractivity contribution in [3.63, 3.8) is 0 Å². The maximum absolute atomic E-state index is 5.00. The van der Waals surface area contributed by atoms with E-state index >= 15 is 0 Å². The molecule has 1 unspecified atom stereocenters. The van der Waals surface area contributed by atoms with Crippen LogP contribution in [0.25, 0.3) is 0 Å². The Bertz CT molecular complexity index is 306. The van der Waals surface area contributed by atoms with E-state index < -0.39 is 0 Å². The highest BCUT2D eigenvalue weighted by molar-refractivity contribution is 9.10. The fourth-order valence-corrected chi connectivity index (χ4v) is 1.59. The predicted octanol–water partition coefficient (Wildman–Crippen LogP) is 1.92. The summed E-state index contributed by atoms with van der Waals surface area (Å²) >= 11 is 3.30. The summed E-state index contributed by atoms with van der Waals surface area (Å²) < 4.78 is 5.64. The third-order valence-corrected chi connectivity index (χ3v) is 2.38. The number of nitrogens with zero attached hydrogens (tertiary/aromatic N) is 2. The minimum absolute atomic E-state index is 0.203. The Labute approximate surface area is 92.2 Å². The molecule has 0 saturated heterocycles. The van der Waals surface area contributed by atoms with Gasteiger partial charge in [0.2, 0.25) is 5.88 Å². The average Bonchev–Trinajstić information content (AvgIpc) is 2.18. The SMILES string of the molecule is CCNC(C)c1cnc(OC)c(Br)n1. The number of ether oxygens (including phenoxy) is 1. The molecular weight excluding hydrogens is 246 g/mol. The van der Waals surface area contributed by atoms with Crippen LogP contribution < -0.4 is 10.1 Å². The molecule has 0 bridgehead atoms. The van der Waals surface area contributed by atoms with E-state index in [1.807, 2.05) is 6.92 Å². The molecule has 5 heteroatoms. The highest BCUT2D eigenvalue weighted by Crippen LogP contribution is 2.21. The van der Waals surface area contributed by atoms with E-state index in [2.05, 4.69) is 38.1 Å². The van der Waals surface area contributed by atoms with Crippen LogP contribution in [0.15, 0.2) is 10.8 Å². The zero-order valence-electron chi connectivity index (χ0n) is 8.54. The Hall–Kier alpha value is -0.680. The second kappa shape index (κ2) is 5.26. The Morgan fingerprint density at radius 2 is 2.36 bits per heavy atom. The number of rotatable bonds is 4. The first-order valence-electron chi connectivity index (χ1n) is 4.48. The minimum atomic E-state index is 0.203. The summed E-state index contributed by atoms with van der Waals surface area (Å²) in [5.41, 5.74) is 0.902. The molecule has 4 nitrogen and oxygen atoms in total. The fourth-order valence-electron chi connectivity index (χ4n) is 1.12. The number of aromatic nitrogens is 2. The molecule has 0 fully saturated rings. The highest BCUT2D eigenvalue weighted by atomic mass is 79.9. The van der Waals surface area contributed by atoms with Gasteiger partial charge in [-0.25, -0.2) is 9.97 Å². The molecule has 1 aromatic heterocycles. The van der Waals surface area contributed by atoms with Crippen molar-refractivity contribution >= 4 is 15.9 Å². The van der Waals surface area contributed by atoms with Crippen molar-refractivity contribution in [2.24, 2.45) is 0 Å². The third kappa shape index (κ3) is 2.65. The van der Waals surface area contributed by atoms with E-state index in [1.54, 1.807) is 13.3 Å². The van der Waals surface area contributed by atoms with Gasteiger partial charge in [-0.15, -0.1) is 0 Å². The highest BCUT2D eigenvalue weighted by Gasteiger charge is 2.09. The minimum Gasteiger partial charge on any atom is -0.479 e. The Balaban J connectivity index is 2.85. The van der Waals surface area contributed by atoms with Gasteiger partial charge in [0.1, 0.15) is 0 Å². The van der Waals surface area contributed by atoms with Crippen LogP contribution in [0.5, 0.6) is 5.88 Å². The molecule has 0 aliphatic carbocycles. The van der Waals surface area contributed by atoms with Gasteiger partial charge in [0.15, 0.2) is 4.60 Å². The second-order valence-electron chi connectivity index (χ2n) is 2.87. The lowest BCUT2D eigenvalue weighted by Crippen LogP contribution is -2.19.